The Morgan fingerprint density at radius 1 is 1.17 bits per heavy atom. The SMILES string of the molecule is O=C1C2=C(OC3CCC(Cl)CC13)C(=O)N(Cc1cccnc1)C2c1ccc(F)cc1. The summed E-state index contributed by atoms with van der Waals surface area (Å²) < 4.78 is 19.7. The molecule has 5 nitrogen and oxygen atoms in total. The fraction of sp³-hybridized carbons (Fsp3) is 0.348. The van der Waals surface area contributed by atoms with Crippen LogP contribution in [0.1, 0.15) is 36.4 Å². The molecule has 2 aliphatic heterocycles. The lowest BCUT2D eigenvalue weighted by molar-refractivity contribution is -0.135. The molecular formula is C23H20ClFN2O3. The van der Waals surface area contributed by atoms with E-state index in [4.69, 9.17) is 16.3 Å². The molecule has 4 unspecified atom stereocenters. The molecule has 1 fully saturated rings. The molecular weight excluding hydrogens is 407 g/mol. The molecule has 1 amide bonds. The van der Waals surface area contributed by atoms with Gasteiger partial charge in [0.05, 0.1) is 17.5 Å². The molecule has 0 N–H and O–H groups in total. The number of pyridine rings is 1. The highest BCUT2D eigenvalue weighted by atomic mass is 35.5. The molecule has 0 bridgehead atoms. The van der Waals surface area contributed by atoms with Gasteiger partial charge < -0.3 is 9.64 Å². The molecule has 3 heterocycles. The number of amides is 1. The molecule has 1 saturated carbocycles. The van der Waals surface area contributed by atoms with Crippen LogP contribution < -0.4 is 0 Å². The maximum absolute atomic E-state index is 13.6. The fourth-order valence-corrected chi connectivity index (χ4v) is 5.02. The Morgan fingerprint density at radius 3 is 2.70 bits per heavy atom. The Labute approximate surface area is 178 Å². The number of carbonyl (C=O) groups excluding carboxylic acids is 2. The summed E-state index contributed by atoms with van der Waals surface area (Å²) in [5.41, 5.74) is 1.87. The van der Waals surface area contributed by atoms with E-state index in [1.54, 1.807) is 35.5 Å². The Morgan fingerprint density at radius 2 is 1.97 bits per heavy atom. The quantitative estimate of drug-likeness (QED) is 0.698. The van der Waals surface area contributed by atoms with Crippen LogP contribution >= 0.6 is 11.6 Å². The van der Waals surface area contributed by atoms with Crippen molar-refractivity contribution in [1.82, 2.24) is 9.88 Å². The number of aromatic nitrogens is 1. The van der Waals surface area contributed by atoms with Gasteiger partial charge in [-0.2, -0.15) is 0 Å². The van der Waals surface area contributed by atoms with Crippen molar-refractivity contribution in [3.63, 3.8) is 0 Å². The summed E-state index contributed by atoms with van der Waals surface area (Å²) in [5.74, 6) is -0.993. The van der Waals surface area contributed by atoms with Gasteiger partial charge in [-0.05, 0) is 48.6 Å². The van der Waals surface area contributed by atoms with Crippen LogP contribution in [-0.2, 0) is 20.9 Å². The number of carbonyl (C=O) groups is 2. The molecule has 0 radical (unpaired) electrons. The smallest absolute Gasteiger partial charge is 0.290 e. The van der Waals surface area contributed by atoms with Crippen molar-refractivity contribution >= 4 is 23.3 Å². The highest BCUT2D eigenvalue weighted by Crippen LogP contribution is 2.47. The van der Waals surface area contributed by atoms with E-state index in [9.17, 15) is 14.0 Å². The van der Waals surface area contributed by atoms with Crippen LogP contribution in [0.15, 0.2) is 60.1 Å². The second kappa shape index (κ2) is 7.51. The zero-order valence-electron chi connectivity index (χ0n) is 16.1. The Balaban J connectivity index is 1.58. The summed E-state index contributed by atoms with van der Waals surface area (Å²) in [5, 5.41) is -0.0752. The third-order valence-electron chi connectivity index (χ3n) is 6.14. The predicted molar refractivity (Wildman–Crippen MR) is 108 cm³/mol. The van der Waals surface area contributed by atoms with Crippen LogP contribution in [0.3, 0.4) is 0 Å². The lowest BCUT2D eigenvalue weighted by atomic mass is 9.77. The molecule has 2 aromatic rings. The van der Waals surface area contributed by atoms with Gasteiger partial charge in [-0.15, -0.1) is 11.6 Å². The second-order valence-electron chi connectivity index (χ2n) is 8.03. The van der Waals surface area contributed by atoms with Crippen molar-refractivity contribution < 1.29 is 18.7 Å². The van der Waals surface area contributed by atoms with Crippen molar-refractivity contribution in [3.05, 3.63) is 77.1 Å². The first-order valence-electron chi connectivity index (χ1n) is 10.1. The van der Waals surface area contributed by atoms with Gasteiger partial charge in [0.25, 0.3) is 5.91 Å². The molecule has 0 spiro atoms. The summed E-state index contributed by atoms with van der Waals surface area (Å²) in [4.78, 5) is 32.6. The van der Waals surface area contributed by atoms with Crippen LogP contribution in [0.5, 0.6) is 0 Å². The van der Waals surface area contributed by atoms with Gasteiger partial charge in [0.2, 0.25) is 0 Å². The van der Waals surface area contributed by atoms with E-state index in [1.807, 2.05) is 6.07 Å². The molecule has 1 aromatic carbocycles. The number of rotatable bonds is 3. The van der Waals surface area contributed by atoms with Gasteiger partial charge in [-0.1, -0.05) is 18.2 Å². The normalized spacial score (nSPS) is 28.3. The van der Waals surface area contributed by atoms with E-state index in [2.05, 4.69) is 4.98 Å². The molecule has 30 heavy (non-hydrogen) atoms. The summed E-state index contributed by atoms with van der Waals surface area (Å²) in [6.45, 7) is 0.270. The number of benzene rings is 1. The van der Waals surface area contributed by atoms with Crippen molar-refractivity contribution in [2.75, 3.05) is 0 Å². The van der Waals surface area contributed by atoms with E-state index in [0.29, 0.717) is 24.0 Å². The monoisotopic (exact) mass is 426 g/mol. The largest absolute Gasteiger partial charge is 0.483 e. The number of ketones is 1. The minimum atomic E-state index is -0.627. The molecule has 154 valence electrons. The van der Waals surface area contributed by atoms with Gasteiger partial charge in [0.15, 0.2) is 11.5 Å². The second-order valence-corrected chi connectivity index (χ2v) is 8.65. The number of nitrogens with zero attached hydrogens (tertiary/aromatic N) is 2. The summed E-state index contributed by atoms with van der Waals surface area (Å²) in [6.07, 6.45) is 4.98. The minimum absolute atomic E-state index is 0.0752. The van der Waals surface area contributed by atoms with E-state index in [0.717, 1.165) is 12.0 Å². The van der Waals surface area contributed by atoms with E-state index < -0.39 is 6.04 Å². The maximum Gasteiger partial charge on any atom is 0.290 e. The highest BCUT2D eigenvalue weighted by molar-refractivity contribution is 6.21. The first-order chi connectivity index (χ1) is 14.5. The molecule has 4 atom stereocenters. The number of fused-ring (bicyclic) bond motifs is 1. The lowest BCUT2D eigenvalue weighted by Crippen LogP contribution is -2.41. The van der Waals surface area contributed by atoms with Gasteiger partial charge in [-0.25, -0.2) is 4.39 Å². The topological polar surface area (TPSA) is 59.5 Å². The van der Waals surface area contributed by atoms with Crippen LogP contribution in [-0.4, -0.2) is 33.1 Å². The van der Waals surface area contributed by atoms with Crippen molar-refractivity contribution in [2.24, 2.45) is 5.92 Å². The van der Waals surface area contributed by atoms with E-state index >= 15 is 0 Å². The number of alkyl halides is 1. The molecule has 1 aliphatic carbocycles. The first-order valence-corrected chi connectivity index (χ1v) is 10.5. The number of Topliss-reactive ketones (excluding diaryl/α,β-unsaturated/α-hetero) is 1. The molecule has 0 saturated heterocycles. The Hall–Kier alpha value is -2.73. The average Bonchev–Trinajstić information content (AvgIpc) is 3.02. The van der Waals surface area contributed by atoms with E-state index in [-0.39, 0.29) is 47.2 Å². The van der Waals surface area contributed by atoms with Crippen molar-refractivity contribution in [1.29, 1.82) is 0 Å². The third kappa shape index (κ3) is 3.19. The number of hydrogen-bond acceptors (Lipinski definition) is 4. The maximum atomic E-state index is 13.6. The number of hydrogen-bond donors (Lipinski definition) is 0. The first kappa shape index (κ1) is 19.2. The van der Waals surface area contributed by atoms with Crippen LogP contribution in [0.4, 0.5) is 4.39 Å². The Bertz CT molecular complexity index is 1020. The number of ether oxygens (including phenoxy) is 1. The molecule has 3 aliphatic rings. The van der Waals surface area contributed by atoms with Gasteiger partial charge >= 0.3 is 0 Å². The van der Waals surface area contributed by atoms with Crippen LogP contribution in [0.2, 0.25) is 0 Å². The number of halogens is 2. The summed E-state index contributed by atoms with van der Waals surface area (Å²) >= 11 is 6.33. The van der Waals surface area contributed by atoms with Crippen molar-refractivity contribution in [3.8, 4) is 0 Å². The van der Waals surface area contributed by atoms with Crippen LogP contribution in [0, 0.1) is 11.7 Å². The fourth-order valence-electron chi connectivity index (χ4n) is 4.71. The lowest BCUT2D eigenvalue weighted by Gasteiger charge is -2.37. The standard InChI is InChI=1S/C23H20ClFN2O3/c24-15-5-8-18-17(10-15)21(28)19-20(14-3-6-16(25)7-4-14)27(23(29)22(19)30-18)12-13-2-1-9-26-11-13/h1-4,6-7,9,11,15,17-18,20H,5,8,10,12H2. The van der Waals surface area contributed by atoms with Crippen molar-refractivity contribution in [2.45, 2.75) is 43.3 Å². The average molecular weight is 427 g/mol. The minimum Gasteiger partial charge on any atom is -0.483 e. The predicted octanol–water partition coefficient (Wildman–Crippen LogP) is 3.93. The molecule has 7 heteroatoms. The van der Waals surface area contributed by atoms with E-state index in [1.165, 1.54) is 12.1 Å². The van der Waals surface area contributed by atoms with Crippen LogP contribution in [0.25, 0.3) is 0 Å². The highest BCUT2D eigenvalue weighted by Gasteiger charge is 2.52. The zero-order valence-corrected chi connectivity index (χ0v) is 16.9. The van der Waals surface area contributed by atoms with Gasteiger partial charge in [0, 0.05) is 24.3 Å². The third-order valence-corrected chi connectivity index (χ3v) is 6.54. The molecule has 1 aromatic heterocycles. The summed E-state index contributed by atoms with van der Waals surface area (Å²) in [7, 11) is 0. The Kier molecular flexibility index (Phi) is 4.82. The van der Waals surface area contributed by atoms with Gasteiger partial charge in [-0.3, -0.25) is 14.6 Å². The summed E-state index contributed by atoms with van der Waals surface area (Å²) in [6, 6.07) is 8.96. The molecule has 5 rings (SSSR count). The zero-order chi connectivity index (χ0) is 20.8. The van der Waals surface area contributed by atoms with Gasteiger partial charge in [0.1, 0.15) is 11.9 Å².